The lowest BCUT2D eigenvalue weighted by Crippen LogP contribution is -2.49. The number of hydrogen-bond donors (Lipinski definition) is 0. The number of aromatic nitrogens is 1. The second-order valence-electron chi connectivity index (χ2n) is 5.90. The summed E-state index contributed by atoms with van der Waals surface area (Å²) in [6, 6.07) is 9.21. The monoisotopic (exact) mass is 392 g/mol. The minimum absolute atomic E-state index is 0.0830. The van der Waals surface area contributed by atoms with Crippen LogP contribution >= 0.6 is 0 Å². The minimum Gasteiger partial charge on any atom is -0.494 e. The van der Waals surface area contributed by atoms with Crippen molar-refractivity contribution >= 4 is 21.5 Å². The topological polar surface area (TPSA) is 106 Å². The smallest absolute Gasteiger partial charge is 0.311 e. The van der Waals surface area contributed by atoms with Gasteiger partial charge in [0, 0.05) is 38.4 Å². The highest BCUT2D eigenvalue weighted by atomic mass is 32.2. The van der Waals surface area contributed by atoms with Crippen LogP contribution in [-0.4, -0.2) is 55.4 Å². The molecular weight excluding hydrogens is 372 g/mol. The number of pyridine rings is 1. The molecule has 1 aromatic heterocycles. The number of sulfonamides is 1. The summed E-state index contributed by atoms with van der Waals surface area (Å²) in [5.74, 6) is 0.879. The molecule has 0 radical (unpaired) electrons. The van der Waals surface area contributed by atoms with E-state index in [1.165, 1.54) is 34.8 Å². The van der Waals surface area contributed by atoms with E-state index in [4.69, 9.17) is 4.74 Å². The Labute approximate surface area is 157 Å². The number of anilines is 1. The van der Waals surface area contributed by atoms with Gasteiger partial charge in [-0.25, -0.2) is 13.4 Å². The predicted molar refractivity (Wildman–Crippen MR) is 99.5 cm³/mol. The number of nitro groups is 1. The summed E-state index contributed by atoms with van der Waals surface area (Å²) in [7, 11) is -3.63. The van der Waals surface area contributed by atoms with Gasteiger partial charge in [0.2, 0.25) is 15.8 Å². The second kappa shape index (κ2) is 7.89. The fourth-order valence-electron chi connectivity index (χ4n) is 2.94. The van der Waals surface area contributed by atoms with E-state index in [-0.39, 0.29) is 29.5 Å². The molecule has 144 valence electrons. The first kappa shape index (κ1) is 19.1. The van der Waals surface area contributed by atoms with E-state index in [9.17, 15) is 18.5 Å². The SMILES string of the molecule is CCOc1ccc(S(=O)(=O)N2CCN(c3ncccc3[N+](=O)[O-])CC2)cc1. The summed E-state index contributed by atoms with van der Waals surface area (Å²) in [5, 5.41) is 11.2. The number of piperazine rings is 1. The minimum atomic E-state index is -3.63. The van der Waals surface area contributed by atoms with Gasteiger partial charge in [-0.05, 0) is 37.3 Å². The van der Waals surface area contributed by atoms with E-state index in [0.717, 1.165) is 0 Å². The molecule has 1 aromatic carbocycles. The van der Waals surface area contributed by atoms with Crippen LogP contribution in [-0.2, 0) is 10.0 Å². The summed E-state index contributed by atoms with van der Waals surface area (Å²) in [6.45, 7) is 3.47. The van der Waals surface area contributed by atoms with Crippen LogP contribution in [0.5, 0.6) is 5.75 Å². The Morgan fingerprint density at radius 1 is 1.15 bits per heavy atom. The maximum atomic E-state index is 12.8. The molecule has 2 heterocycles. The number of rotatable bonds is 6. The predicted octanol–water partition coefficient (Wildman–Crippen LogP) is 1.90. The van der Waals surface area contributed by atoms with Gasteiger partial charge in [-0.2, -0.15) is 4.31 Å². The van der Waals surface area contributed by atoms with Crippen molar-refractivity contribution in [2.75, 3.05) is 37.7 Å². The van der Waals surface area contributed by atoms with Crippen molar-refractivity contribution in [1.29, 1.82) is 0 Å². The number of benzene rings is 1. The second-order valence-corrected chi connectivity index (χ2v) is 7.84. The molecule has 3 rings (SSSR count). The molecule has 0 spiro atoms. The molecule has 0 atom stereocenters. The van der Waals surface area contributed by atoms with Gasteiger partial charge in [0.15, 0.2) is 0 Å². The Balaban J connectivity index is 1.72. The van der Waals surface area contributed by atoms with Gasteiger partial charge < -0.3 is 9.64 Å². The zero-order chi connectivity index (χ0) is 19.4. The lowest BCUT2D eigenvalue weighted by atomic mass is 10.3. The molecule has 0 bridgehead atoms. The first-order valence-electron chi connectivity index (χ1n) is 8.51. The highest BCUT2D eigenvalue weighted by Crippen LogP contribution is 2.27. The third-order valence-corrected chi connectivity index (χ3v) is 6.19. The molecule has 0 N–H and O–H groups in total. The average Bonchev–Trinajstić information content (AvgIpc) is 2.69. The Hall–Kier alpha value is -2.72. The van der Waals surface area contributed by atoms with Crippen LogP contribution in [0.15, 0.2) is 47.5 Å². The van der Waals surface area contributed by atoms with Crippen LogP contribution in [0, 0.1) is 10.1 Å². The standard InChI is InChI=1S/C17H20N4O5S/c1-2-26-14-5-7-15(8-6-14)27(24,25)20-12-10-19(11-13-20)17-16(21(22)23)4-3-9-18-17/h3-9H,2,10-13H2,1H3. The molecule has 1 saturated heterocycles. The summed E-state index contributed by atoms with van der Waals surface area (Å²) >= 11 is 0. The lowest BCUT2D eigenvalue weighted by Gasteiger charge is -2.34. The molecule has 1 fully saturated rings. The van der Waals surface area contributed by atoms with Gasteiger partial charge in [0.05, 0.1) is 16.4 Å². The van der Waals surface area contributed by atoms with Crippen molar-refractivity contribution in [3.63, 3.8) is 0 Å². The number of nitrogens with zero attached hydrogens (tertiary/aromatic N) is 4. The Morgan fingerprint density at radius 2 is 1.81 bits per heavy atom. The van der Waals surface area contributed by atoms with Gasteiger partial charge >= 0.3 is 5.69 Å². The maximum Gasteiger partial charge on any atom is 0.311 e. The van der Waals surface area contributed by atoms with E-state index in [1.807, 2.05) is 6.92 Å². The molecule has 0 saturated carbocycles. The number of ether oxygens (including phenoxy) is 1. The highest BCUT2D eigenvalue weighted by Gasteiger charge is 2.31. The third kappa shape index (κ3) is 4.01. The van der Waals surface area contributed by atoms with Crippen LogP contribution < -0.4 is 9.64 Å². The van der Waals surface area contributed by atoms with Gasteiger partial charge in [-0.3, -0.25) is 10.1 Å². The fraction of sp³-hybridized carbons (Fsp3) is 0.353. The third-order valence-electron chi connectivity index (χ3n) is 4.27. The molecule has 1 aliphatic rings. The molecular formula is C17H20N4O5S. The maximum absolute atomic E-state index is 12.8. The van der Waals surface area contributed by atoms with Crippen LogP contribution in [0.4, 0.5) is 11.5 Å². The summed E-state index contributed by atoms with van der Waals surface area (Å²) < 4.78 is 32.4. The summed E-state index contributed by atoms with van der Waals surface area (Å²) in [6.07, 6.45) is 1.49. The highest BCUT2D eigenvalue weighted by molar-refractivity contribution is 7.89. The van der Waals surface area contributed by atoms with E-state index < -0.39 is 14.9 Å². The van der Waals surface area contributed by atoms with Crippen LogP contribution in [0.2, 0.25) is 0 Å². The van der Waals surface area contributed by atoms with Gasteiger partial charge in [0.1, 0.15) is 5.75 Å². The average molecular weight is 392 g/mol. The van der Waals surface area contributed by atoms with Crippen LogP contribution in [0.3, 0.4) is 0 Å². The van der Waals surface area contributed by atoms with Crippen molar-refractivity contribution in [2.45, 2.75) is 11.8 Å². The Bertz CT molecular complexity index is 909. The van der Waals surface area contributed by atoms with Gasteiger partial charge in [-0.15, -0.1) is 0 Å². The van der Waals surface area contributed by atoms with Crippen molar-refractivity contribution < 1.29 is 18.1 Å². The van der Waals surface area contributed by atoms with Gasteiger partial charge in [-0.1, -0.05) is 0 Å². The van der Waals surface area contributed by atoms with E-state index in [0.29, 0.717) is 25.4 Å². The molecule has 1 aliphatic heterocycles. The lowest BCUT2D eigenvalue weighted by molar-refractivity contribution is -0.384. The normalized spacial score (nSPS) is 15.5. The van der Waals surface area contributed by atoms with E-state index >= 15 is 0 Å². The fourth-order valence-corrected chi connectivity index (χ4v) is 4.36. The van der Waals surface area contributed by atoms with Crippen LogP contribution in [0.1, 0.15) is 6.92 Å². The van der Waals surface area contributed by atoms with Gasteiger partial charge in [0.25, 0.3) is 0 Å². The molecule has 10 heteroatoms. The molecule has 0 amide bonds. The Morgan fingerprint density at radius 3 is 2.41 bits per heavy atom. The molecule has 2 aromatic rings. The zero-order valence-corrected chi connectivity index (χ0v) is 15.6. The summed E-state index contributed by atoms with van der Waals surface area (Å²) in [5.41, 5.74) is -0.0830. The zero-order valence-electron chi connectivity index (χ0n) is 14.8. The van der Waals surface area contributed by atoms with Crippen molar-refractivity contribution in [3.05, 3.63) is 52.7 Å². The van der Waals surface area contributed by atoms with E-state index in [2.05, 4.69) is 4.98 Å². The van der Waals surface area contributed by atoms with Crippen molar-refractivity contribution in [3.8, 4) is 5.75 Å². The van der Waals surface area contributed by atoms with Crippen molar-refractivity contribution in [1.82, 2.24) is 9.29 Å². The Kier molecular flexibility index (Phi) is 5.57. The number of hydrogen-bond acceptors (Lipinski definition) is 7. The molecule has 9 nitrogen and oxygen atoms in total. The molecule has 27 heavy (non-hydrogen) atoms. The molecule has 0 aliphatic carbocycles. The molecule has 0 unspecified atom stereocenters. The quantitative estimate of drug-likeness (QED) is 0.546. The summed E-state index contributed by atoms with van der Waals surface area (Å²) in [4.78, 5) is 16.7. The van der Waals surface area contributed by atoms with E-state index in [1.54, 1.807) is 17.0 Å². The first-order chi connectivity index (χ1) is 12.9. The van der Waals surface area contributed by atoms with Crippen LogP contribution in [0.25, 0.3) is 0 Å². The first-order valence-corrected chi connectivity index (χ1v) is 9.95. The largest absolute Gasteiger partial charge is 0.494 e. The van der Waals surface area contributed by atoms with Crippen molar-refractivity contribution in [2.24, 2.45) is 0 Å².